The first kappa shape index (κ1) is 15.0. The Kier molecular flexibility index (Phi) is 6.04. The van der Waals surface area contributed by atoms with Crippen LogP contribution in [0, 0.1) is 17.7 Å². The van der Waals surface area contributed by atoms with Crippen molar-refractivity contribution < 1.29 is 9.13 Å². The Morgan fingerprint density at radius 1 is 1.20 bits per heavy atom. The number of hydrogen-bond donors (Lipinski definition) is 1. The highest BCUT2D eigenvalue weighted by Gasteiger charge is 2.13. The molecule has 20 heavy (non-hydrogen) atoms. The van der Waals surface area contributed by atoms with E-state index >= 15 is 0 Å². The molecule has 3 heteroatoms. The standard InChI is InChI=1S/C17H22FNO/c18-16-10-9-15(14(12-16)6-5-11-19)13-20-17-7-3-1-2-4-8-17/h9-10,12,17H,1-4,7-8,11,13,19H2. The number of halogens is 1. The van der Waals surface area contributed by atoms with Gasteiger partial charge in [0.25, 0.3) is 0 Å². The lowest BCUT2D eigenvalue weighted by atomic mass is 10.1. The quantitative estimate of drug-likeness (QED) is 0.678. The fourth-order valence-corrected chi connectivity index (χ4v) is 2.55. The first-order chi connectivity index (χ1) is 9.79. The van der Waals surface area contributed by atoms with E-state index in [0.717, 1.165) is 18.4 Å². The Balaban J connectivity index is 2.00. The molecular weight excluding hydrogens is 253 g/mol. The second kappa shape index (κ2) is 8.04. The third-order valence-corrected chi connectivity index (χ3v) is 3.67. The van der Waals surface area contributed by atoms with Gasteiger partial charge in [-0.25, -0.2) is 4.39 Å². The second-order valence-corrected chi connectivity index (χ2v) is 5.23. The molecule has 0 spiro atoms. The zero-order valence-corrected chi connectivity index (χ0v) is 11.8. The van der Waals surface area contributed by atoms with Gasteiger partial charge < -0.3 is 10.5 Å². The van der Waals surface area contributed by atoms with Gasteiger partial charge >= 0.3 is 0 Å². The van der Waals surface area contributed by atoms with E-state index in [1.807, 2.05) is 0 Å². The van der Waals surface area contributed by atoms with Gasteiger partial charge in [-0.1, -0.05) is 43.6 Å². The summed E-state index contributed by atoms with van der Waals surface area (Å²) in [5.74, 6) is 5.42. The maximum atomic E-state index is 13.3. The van der Waals surface area contributed by atoms with Gasteiger partial charge in [-0.05, 0) is 30.5 Å². The van der Waals surface area contributed by atoms with E-state index in [9.17, 15) is 4.39 Å². The lowest BCUT2D eigenvalue weighted by molar-refractivity contribution is 0.0308. The SMILES string of the molecule is NCC#Cc1cc(F)ccc1COC1CCCCCC1. The molecule has 2 nitrogen and oxygen atoms in total. The predicted molar refractivity (Wildman–Crippen MR) is 78.6 cm³/mol. The molecule has 1 aliphatic carbocycles. The number of nitrogens with two attached hydrogens (primary N) is 1. The van der Waals surface area contributed by atoms with Gasteiger partial charge in [-0.2, -0.15) is 0 Å². The molecule has 108 valence electrons. The predicted octanol–water partition coefficient (Wildman–Crippen LogP) is 3.38. The fourth-order valence-electron chi connectivity index (χ4n) is 2.55. The Morgan fingerprint density at radius 2 is 1.95 bits per heavy atom. The zero-order chi connectivity index (χ0) is 14.2. The fraction of sp³-hybridized carbons (Fsp3) is 0.529. The normalized spacial score (nSPS) is 16.3. The molecule has 0 aromatic heterocycles. The van der Waals surface area contributed by atoms with Crippen LogP contribution in [-0.2, 0) is 11.3 Å². The molecule has 1 aromatic rings. The molecule has 0 radical (unpaired) electrons. The van der Waals surface area contributed by atoms with Crippen molar-refractivity contribution in [2.75, 3.05) is 6.54 Å². The van der Waals surface area contributed by atoms with Crippen molar-refractivity contribution >= 4 is 0 Å². The molecule has 1 saturated carbocycles. The number of ether oxygens (including phenoxy) is 1. The van der Waals surface area contributed by atoms with E-state index in [1.165, 1.54) is 37.8 Å². The molecule has 0 saturated heterocycles. The third kappa shape index (κ3) is 4.63. The molecule has 0 atom stereocenters. The van der Waals surface area contributed by atoms with E-state index in [1.54, 1.807) is 6.07 Å². The lowest BCUT2D eigenvalue weighted by Crippen LogP contribution is -2.12. The van der Waals surface area contributed by atoms with Gasteiger partial charge in [-0.15, -0.1) is 0 Å². The van der Waals surface area contributed by atoms with Crippen LogP contribution in [0.5, 0.6) is 0 Å². The average molecular weight is 275 g/mol. The third-order valence-electron chi connectivity index (χ3n) is 3.67. The van der Waals surface area contributed by atoms with E-state index in [2.05, 4.69) is 11.8 Å². The number of benzene rings is 1. The summed E-state index contributed by atoms with van der Waals surface area (Å²) in [5.41, 5.74) is 7.00. The van der Waals surface area contributed by atoms with Crippen LogP contribution in [0.15, 0.2) is 18.2 Å². The second-order valence-electron chi connectivity index (χ2n) is 5.23. The highest BCUT2D eigenvalue weighted by molar-refractivity contribution is 5.41. The number of rotatable bonds is 3. The summed E-state index contributed by atoms with van der Waals surface area (Å²) in [6, 6.07) is 4.67. The van der Waals surface area contributed by atoms with E-state index in [4.69, 9.17) is 10.5 Å². The summed E-state index contributed by atoms with van der Waals surface area (Å²) >= 11 is 0. The van der Waals surface area contributed by atoms with Crippen molar-refractivity contribution in [3.63, 3.8) is 0 Å². The van der Waals surface area contributed by atoms with Crippen LogP contribution in [0.3, 0.4) is 0 Å². The molecule has 1 fully saturated rings. The largest absolute Gasteiger partial charge is 0.373 e. The topological polar surface area (TPSA) is 35.2 Å². The van der Waals surface area contributed by atoms with Crippen LogP contribution in [0.25, 0.3) is 0 Å². The Bertz CT molecular complexity index is 481. The van der Waals surface area contributed by atoms with Gasteiger partial charge in [0.2, 0.25) is 0 Å². The van der Waals surface area contributed by atoms with Gasteiger partial charge in [0, 0.05) is 5.56 Å². The number of hydrogen-bond acceptors (Lipinski definition) is 2. The van der Waals surface area contributed by atoms with Crippen molar-refractivity contribution in [1.29, 1.82) is 0 Å². The molecule has 1 aliphatic rings. The maximum absolute atomic E-state index is 13.3. The zero-order valence-electron chi connectivity index (χ0n) is 11.8. The molecule has 0 unspecified atom stereocenters. The molecule has 0 aliphatic heterocycles. The van der Waals surface area contributed by atoms with Gasteiger partial charge in [0.15, 0.2) is 0 Å². The summed E-state index contributed by atoms with van der Waals surface area (Å²) in [6.45, 7) is 0.777. The molecule has 1 aromatic carbocycles. The molecule has 0 heterocycles. The summed E-state index contributed by atoms with van der Waals surface area (Å²) in [4.78, 5) is 0. The summed E-state index contributed by atoms with van der Waals surface area (Å²) < 4.78 is 19.3. The first-order valence-electron chi connectivity index (χ1n) is 7.38. The van der Waals surface area contributed by atoms with Crippen molar-refractivity contribution in [3.05, 3.63) is 35.1 Å². The Morgan fingerprint density at radius 3 is 2.65 bits per heavy atom. The van der Waals surface area contributed by atoms with Gasteiger partial charge in [-0.3, -0.25) is 0 Å². The lowest BCUT2D eigenvalue weighted by Gasteiger charge is -2.16. The minimum Gasteiger partial charge on any atom is -0.373 e. The minimum atomic E-state index is -0.274. The molecule has 2 rings (SSSR count). The first-order valence-corrected chi connectivity index (χ1v) is 7.38. The van der Waals surface area contributed by atoms with Crippen molar-refractivity contribution in [2.24, 2.45) is 5.73 Å². The monoisotopic (exact) mass is 275 g/mol. The van der Waals surface area contributed by atoms with Gasteiger partial charge in [0.05, 0.1) is 19.3 Å². The highest BCUT2D eigenvalue weighted by atomic mass is 19.1. The van der Waals surface area contributed by atoms with E-state index < -0.39 is 0 Å². The van der Waals surface area contributed by atoms with Crippen LogP contribution < -0.4 is 5.73 Å². The van der Waals surface area contributed by atoms with E-state index in [0.29, 0.717) is 18.3 Å². The summed E-state index contributed by atoms with van der Waals surface area (Å²) in [6.07, 6.45) is 7.70. The highest BCUT2D eigenvalue weighted by Crippen LogP contribution is 2.21. The smallest absolute Gasteiger partial charge is 0.124 e. The average Bonchev–Trinajstić information content (AvgIpc) is 2.72. The molecule has 0 bridgehead atoms. The molecular formula is C17H22FNO. The Labute approximate surface area is 120 Å². The minimum absolute atomic E-state index is 0.274. The molecule has 0 amide bonds. The Hall–Kier alpha value is -1.37. The van der Waals surface area contributed by atoms with Crippen molar-refractivity contribution in [1.82, 2.24) is 0 Å². The molecule has 2 N–H and O–H groups in total. The summed E-state index contributed by atoms with van der Waals surface area (Å²) in [5, 5.41) is 0. The van der Waals surface area contributed by atoms with Crippen LogP contribution in [0.4, 0.5) is 4.39 Å². The van der Waals surface area contributed by atoms with Crippen LogP contribution in [0.2, 0.25) is 0 Å². The van der Waals surface area contributed by atoms with Gasteiger partial charge in [0.1, 0.15) is 5.82 Å². The summed E-state index contributed by atoms with van der Waals surface area (Å²) in [7, 11) is 0. The maximum Gasteiger partial charge on any atom is 0.124 e. The van der Waals surface area contributed by atoms with E-state index in [-0.39, 0.29) is 12.4 Å². The van der Waals surface area contributed by atoms with Crippen molar-refractivity contribution in [3.8, 4) is 11.8 Å². The van der Waals surface area contributed by atoms with Crippen molar-refractivity contribution in [2.45, 2.75) is 51.2 Å². The van der Waals surface area contributed by atoms with Crippen LogP contribution in [0.1, 0.15) is 49.7 Å². The van der Waals surface area contributed by atoms with Crippen LogP contribution >= 0.6 is 0 Å². The van der Waals surface area contributed by atoms with Crippen LogP contribution in [-0.4, -0.2) is 12.6 Å².